The lowest BCUT2D eigenvalue weighted by atomic mass is 10.0. The van der Waals surface area contributed by atoms with Gasteiger partial charge in [0.2, 0.25) is 0 Å². The molecule has 0 aromatic heterocycles. The second-order valence-electron chi connectivity index (χ2n) is 4.30. The second-order valence-corrected chi connectivity index (χ2v) is 4.30. The highest BCUT2D eigenvalue weighted by molar-refractivity contribution is 5.75. The third-order valence-electron chi connectivity index (χ3n) is 2.72. The van der Waals surface area contributed by atoms with Crippen LogP contribution < -0.4 is 5.32 Å². The zero-order valence-electron chi connectivity index (χ0n) is 9.95. The first-order valence-electron chi connectivity index (χ1n) is 5.56. The Balaban J connectivity index is 2.40. The molecule has 1 rings (SSSR count). The molecule has 1 aliphatic rings. The summed E-state index contributed by atoms with van der Waals surface area (Å²) in [4.78, 5) is 11.5. The zero-order chi connectivity index (χ0) is 11.4. The topological polar surface area (TPSA) is 47.6 Å². The van der Waals surface area contributed by atoms with Crippen molar-refractivity contribution in [2.45, 2.75) is 58.0 Å². The lowest BCUT2D eigenvalue weighted by molar-refractivity contribution is -0.161. The Morgan fingerprint density at radius 3 is 2.40 bits per heavy atom. The van der Waals surface area contributed by atoms with Crippen molar-refractivity contribution in [3.05, 3.63) is 0 Å². The molecule has 0 saturated carbocycles. The van der Waals surface area contributed by atoms with Gasteiger partial charge in [0.15, 0.2) is 0 Å². The summed E-state index contributed by atoms with van der Waals surface area (Å²) in [5.41, 5.74) is 0. The number of hydrogen-bond donors (Lipinski definition) is 1. The predicted molar refractivity (Wildman–Crippen MR) is 57.6 cm³/mol. The van der Waals surface area contributed by atoms with E-state index in [9.17, 15) is 4.79 Å². The van der Waals surface area contributed by atoms with E-state index in [0.29, 0.717) is 0 Å². The van der Waals surface area contributed by atoms with Crippen LogP contribution in [0.1, 0.15) is 33.6 Å². The maximum absolute atomic E-state index is 11.5. The van der Waals surface area contributed by atoms with Crippen LogP contribution in [0.4, 0.5) is 0 Å². The van der Waals surface area contributed by atoms with E-state index in [1.54, 1.807) is 14.0 Å². The summed E-state index contributed by atoms with van der Waals surface area (Å²) in [7, 11) is 1.75. The summed E-state index contributed by atoms with van der Waals surface area (Å²) in [6.07, 6.45) is 1.96. The molecule has 4 nitrogen and oxygen atoms in total. The fraction of sp³-hybridized carbons (Fsp3) is 0.909. The van der Waals surface area contributed by atoms with E-state index in [2.05, 4.69) is 5.32 Å². The van der Waals surface area contributed by atoms with Crippen molar-refractivity contribution in [1.29, 1.82) is 0 Å². The SMILES string of the molecule is CNC(C)C(=O)OC1CC(C)OC(C)C1. The number of likely N-dealkylation sites (N-methyl/N-ethyl adjacent to an activating group) is 1. The lowest BCUT2D eigenvalue weighted by Crippen LogP contribution is -2.40. The van der Waals surface area contributed by atoms with Gasteiger partial charge in [-0.3, -0.25) is 4.79 Å². The normalized spacial score (nSPS) is 33.5. The standard InChI is InChI=1S/C11H21NO3/c1-7-5-10(6-8(2)14-7)15-11(13)9(3)12-4/h7-10,12H,5-6H2,1-4H3. The molecule has 0 bridgehead atoms. The van der Waals surface area contributed by atoms with Gasteiger partial charge in [0, 0.05) is 12.8 Å². The van der Waals surface area contributed by atoms with Crippen molar-refractivity contribution in [3.63, 3.8) is 0 Å². The Kier molecular flexibility index (Phi) is 4.54. The minimum Gasteiger partial charge on any atom is -0.461 e. The molecule has 0 aliphatic carbocycles. The van der Waals surface area contributed by atoms with Crippen LogP contribution in [-0.2, 0) is 14.3 Å². The smallest absolute Gasteiger partial charge is 0.323 e. The quantitative estimate of drug-likeness (QED) is 0.716. The number of nitrogens with one attached hydrogen (secondary N) is 1. The number of ether oxygens (including phenoxy) is 2. The van der Waals surface area contributed by atoms with Crippen LogP contribution in [-0.4, -0.2) is 37.4 Å². The second kappa shape index (κ2) is 5.47. The maximum atomic E-state index is 11.5. The van der Waals surface area contributed by atoms with Crippen LogP contribution in [0.5, 0.6) is 0 Å². The van der Waals surface area contributed by atoms with E-state index in [0.717, 1.165) is 12.8 Å². The van der Waals surface area contributed by atoms with Gasteiger partial charge in [0.25, 0.3) is 0 Å². The highest BCUT2D eigenvalue weighted by Gasteiger charge is 2.28. The average Bonchev–Trinajstić information content (AvgIpc) is 2.14. The Labute approximate surface area is 91.3 Å². The van der Waals surface area contributed by atoms with Crippen molar-refractivity contribution >= 4 is 5.97 Å². The first kappa shape index (κ1) is 12.5. The summed E-state index contributed by atoms with van der Waals surface area (Å²) >= 11 is 0. The molecule has 1 fully saturated rings. The van der Waals surface area contributed by atoms with E-state index in [4.69, 9.17) is 9.47 Å². The largest absolute Gasteiger partial charge is 0.461 e. The number of hydrogen-bond acceptors (Lipinski definition) is 4. The fourth-order valence-electron chi connectivity index (χ4n) is 1.82. The van der Waals surface area contributed by atoms with Crippen LogP contribution in [0.3, 0.4) is 0 Å². The van der Waals surface area contributed by atoms with E-state index in [1.807, 2.05) is 13.8 Å². The molecule has 1 aliphatic heterocycles. The van der Waals surface area contributed by atoms with E-state index in [-0.39, 0.29) is 30.3 Å². The number of esters is 1. The average molecular weight is 215 g/mol. The molecule has 1 N–H and O–H groups in total. The molecule has 0 amide bonds. The van der Waals surface area contributed by atoms with Crippen LogP contribution in [0.15, 0.2) is 0 Å². The molecule has 0 spiro atoms. The molecular weight excluding hydrogens is 194 g/mol. The number of carbonyl (C=O) groups is 1. The molecule has 3 unspecified atom stereocenters. The van der Waals surface area contributed by atoms with Gasteiger partial charge in [-0.2, -0.15) is 0 Å². The molecule has 0 aromatic carbocycles. The Hall–Kier alpha value is -0.610. The predicted octanol–water partition coefficient (Wildman–Crippen LogP) is 1.09. The van der Waals surface area contributed by atoms with Crippen LogP contribution in [0.2, 0.25) is 0 Å². The molecule has 1 saturated heterocycles. The molecule has 3 atom stereocenters. The van der Waals surface area contributed by atoms with Crippen molar-refractivity contribution in [3.8, 4) is 0 Å². The van der Waals surface area contributed by atoms with Crippen molar-refractivity contribution in [1.82, 2.24) is 5.32 Å². The summed E-state index contributed by atoms with van der Waals surface area (Å²) in [6, 6.07) is -0.238. The molecule has 88 valence electrons. The highest BCUT2D eigenvalue weighted by Crippen LogP contribution is 2.21. The molecule has 15 heavy (non-hydrogen) atoms. The van der Waals surface area contributed by atoms with Gasteiger partial charge in [-0.15, -0.1) is 0 Å². The fourth-order valence-corrected chi connectivity index (χ4v) is 1.82. The highest BCUT2D eigenvalue weighted by atomic mass is 16.6. The molecule has 1 heterocycles. The van der Waals surface area contributed by atoms with Crippen LogP contribution >= 0.6 is 0 Å². The molecule has 0 aromatic rings. The third kappa shape index (κ3) is 3.80. The van der Waals surface area contributed by atoms with Gasteiger partial charge in [0.1, 0.15) is 12.1 Å². The van der Waals surface area contributed by atoms with Gasteiger partial charge in [-0.1, -0.05) is 0 Å². The summed E-state index contributed by atoms with van der Waals surface area (Å²) < 4.78 is 11.0. The minimum atomic E-state index is -0.238. The molecule has 0 radical (unpaired) electrons. The van der Waals surface area contributed by atoms with Crippen LogP contribution in [0, 0.1) is 0 Å². The first-order chi connectivity index (χ1) is 7.02. The van der Waals surface area contributed by atoms with E-state index < -0.39 is 0 Å². The summed E-state index contributed by atoms with van der Waals surface area (Å²) in [5.74, 6) is -0.177. The van der Waals surface area contributed by atoms with E-state index in [1.165, 1.54) is 0 Å². The van der Waals surface area contributed by atoms with Gasteiger partial charge < -0.3 is 14.8 Å². The van der Waals surface area contributed by atoms with Gasteiger partial charge in [-0.05, 0) is 27.8 Å². The lowest BCUT2D eigenvalue weighted by Gasteiger charge is -2.32. The van der Waals surface area contributed by atoms with Gasteiger partial charge in [0.05, 0.1) is 12.2 Å². The Morgan fingerprint density at radius 2 is 1.93 bits per heavy atom. The molecule has 4 heteroatoms. The van der Waals surface area contributed by atoms with Crippen molar-refractivity contribution in [2.24, 2.45) is 0 Å². The van der Waals surface area contributed by atoms with Gasteiger partial charge in [-0.25, -0.2) is 0 Å². The van der Waals surface area contributed by atoms with E-state index >= 15 is 0 Å². The van der Waals surface area contributed by atoms with Gasteiger partial charge >= 0.3 is 5.97 Å². The number of carbonyl (C=O) groups excluding carboxylic acids is 1. The summed E-state index contributed by atoms with van der Waals surface area (Å²) in [6.45, 7) is 5.82. The van der Waals surface area contributed by atoms with Crippen LogP contribution in [0.25, 0.3) is 0 Å². The Morgan fingerprint density at radius 1 is 1.40 bits per heavy atom. The van der Waals surface area contributed by atoms with Crippen molar-refractivity contribution < 1.29 is 14.3 Å². The minimum absolute atomic E-state index is 0.00653. The monoisotopic (exact) mass is 215 g/mol. The zero-order valence-corrected chi connectivity index (χ0v) is 9.95. The third-order valence-corrected chi connectivity index (χ3v) is 2.72. The number of rotatable bonds is 3. The summed E-state index contributed by atoms with van der Waals surface area (Å²) in [5, 5.41) is 2.87. The first-order valence-corrected chi connectivity index (χ1v) is 5.56. The molecular formula is C11H21NO3. The Bertz CT molecular complexity index is 210. The van der Waals surface area contributed by atoms with Crippen molar-refractivity contribution in [2.75, 3.05) is 7.05 Å². The maximum Gasteiger partial charge on any atom is 0.323 e.